The van der Waals surface area contributed by atoms with Crippen LogP contribution in [0.1, 0.15) is 12.1 Å². The minimum absolute atomic E-state index is 0.608. The van der Waals surface area contributed by atoms with Crippen LogP contribution in [0.25, 0.3) is 0 Å². The van der Waals surface area contributed by atoms with Crippen molar-refractivity contribution in [3.05, 3.63) is 36.7 Å². The van der Waals surface area contributed by atoms with Crippen molar-refractivity contribution in [2.75, 3.05) is 30.4 Å². The van der Waals surface area contributed by atoms with Crippen molar-refractivity contribution in [1.82, 2.24) is 19.9 Å². The molecule has 3 rings (SSSR count). The van der Waals surface area contributed by atoms with Crippen LogP contribution < -0.4 is 10.2 Å². The van der Waals surface area contributed by atoms with Gasteiger partial charge in [-0.05, 0) is 18.8 Å². The third kappa shape index (κ3) is 2.84. The summed E-state index contributed by atoms with van der Waals surface area (Å²) in [7, 11) is 1.87. The predicted molar refractivity (Wildman–Crippen MR) is 77.6 cm³/mol. The normalized spacial score (nSPS) is 18.2. The average molecular weight is 270 g/mol. The molecule has 0 saturated carbocycles. The third-order valence-corrected chi connectivity index (χ3v) is 3.64. The summed E-state index contributed by atoms with van der Waals surface area (Å²) in [5, 5.41) is 3.05. The van der Waals surface area contributed by atoms with Crippen LogP contribution >= 0.6 is 0 Å². The molecular formula is C14H18N6. The molecule has 3 heterocycles. The second-order valence-electron chi connectivity index (χ2n) is 5.01. The lowest BCUT2D eigenvalue weighted by atomic mass is 10.0. The van der Waals surface area contributed by atoms with Crippen LogP contribution in [0.15, 0.2) is 31.0 Å². The zero-order chi connectivity index (χ0) is 13.8. The lowest BCUT2D eigenvalue weighted by Gasteiger charge is -2.16. The van der Waals surface area contributed by atoms with Gasteiger partial charge in [-0.15, -0.1) is 0 Å². The molecule has 1 aliphatic rings. The molecule has 1 N–H and O–H groups in total. The van der Waals surface area contributed by atoms with E-state index in [-0.39, 0.29) is 0 Å². The summed E-state index contributed by atoms with van der Waals surface area (Å²) < 4.78 is 0. The van der Waals surface area contributed by atoms with Crippen molar-refractivity contribution in [2.45, 2.75) is 12.8 Å². The molecule has 6 nitrogen and oxygen atoms in total. The van der Waals surface area contributed by atoms with Crippen molar-refractivity contribution in [1.29, 1.82) is 0 Å². The van der Waals surface area contributed by atoms with E-state index < -0.39 is 0 Å². The van der Waals surface area contributed by atoms with Gasteiger partial charge in [-0.25, -0.2) is 15.0 Å². The van der Waals surface area contributed by atoms with E-state index in [9.17, 15) is 0 Å². The second-order valence-corrected chi connectivity index (χ2v) is 5.01. The first-order valence-corrected chi connectivity index (χ1v) is 6.85. The molecule has 1 saturated heterocycles. The summed E-state index contributed by atoms with van der Waals surface area (Å²) in [5.74, 6) is 2.45. The minimum atomic E-state index is 0.608. The summed E-state index contributed by atoms with van der Waals surface area (Å²) >= 11 is 0. The van der Waals surface area contributed by atoms with Gasteiger partial charge in [0, 0.05) is 44.3 Å². The van der Waals surface area contributed by atoms with Crippen LogP contribution in [0, 0.1) is 5.92 Å². The number of anilines is 2. The third-order valence-electron chi connectivity index (χ3n) is 3.64. The predicted octanol–water partition coefficient (Wildman–Crippen LogP) is 1.38. The maximum absolute atomic E-state index is 4.36. The summed E-state index contributed by atoms with van der Waals surface area (Å²) in [6, 6.07) is 2.02. The molecular weight excluding hydrogens is 252 g/mol. The SMILES string of the molecule is CNc1cc(C[C@H]2CCN(c3cnccn3)C2)ncn1. The highest BCUT2D eigenvalue weighted by molar-refractivity contribution is 5.37. The molecule has 6 heteroatoms. The van der Waals surface area contributed by atoms with Gasteiger partial charge in [0.15, 0.2) is 0 Å². The molecule has 0 amide bonds. The van der Waals surface area contributed by atoms with E-state index >= 15 is 0 Å². The molecule has 2 aromatic rings. The van der Waals surface area contributed by atoms with Gasteiger partial charge < -0.3 is 10.2 Å². The largest absolute Gasteiger partial charge is 0.373 e. The van der Waals surface area contributed by atoms with E-state index in [1.807, 2.05) is 19.3 Å². The highest BCUT2D eigenvalue weighted by atomic mass is 15.2. The van der Waals surface area contributed by atoms with Gasteiger partial charge in [0.1, 0.15) is 18.0 Å². The van der Waals surface area contributed by atoms with Crippen molar-refractivity contribution < 1.29 is 0 Å². The number of aromatic nitrogens is 4. The second kappa shape index (κ2) is 5.81. The first-order valence-electron chi connectivity index (χ1n) is 6.85. The van der Waals surface area contributed by atoms with Crippen molar-refractivity contribution in [3.8, 4) is 0 Å². The van der Waals surface area contributed by atoms with E-state index in [1.54, 1.807) is 18.7 Å². The molecule has 0 bridgehead atoms. The first-order chi connectivity index (χ1) is 9.85. The van der Waals surface area contributed by atoms with Gasteiger partial charge in [-0.2, -0.15) is 0 Å². The number of hydrogen-bond donors (Lipinski definition) is 1. The van der Waals surface area contributed by atoms with Gasteiger partial charge in [-0.1, -0.05) is 0 Å². The standard InChI is InChI=1S/C14H18N6/c1-15-13-7-12(18-10-19-13)6-11-2-5-20(9-11)14-8-16-3-4-17-14/h3-4,7-8,10-11H,2,5-6,9H2,1H3,(H,15,18,19)/t11-/m1/s1. The van der Waals surface area contributed by atoms with E-state index in [1.165, 1.54) is 0 Å². The highest BCUT2D eigenvalue weighted by Crippen LogP contribution is 2.24. The number of rotatable bonds is 4. The summed E-state index contributed by atoms with van der Waals surface area (Å²) in [6.07, 6.45) is 9.04. The molecule has 104 valence electrons. The van der Waals surface area contributed by atoms with Gasteiger partial charge in [-0.3, -0.25) is 4.98 Å². The Labute approximate surface area is 118 Å². The van der Waals surface area contributed by atoms with Gasteiger partial charge in [0.25, 0.3) is 0 Å². The highest BCUT2D eigenvalue weighted by Gasteiger charge is 2.24. The fourth-order valence-corrected chi connectivity index (χ4v) is 2.60. The smallest absolute Gasteiger partial charge is 0.147 e. The Hall–Kier alpha value is -2.24. The van der Waals surface area contributed by atoms with Crippen LogP contribution in [0.5, 0.6) is 0 Å². The monoisotopic (exact) mass is 270 g/mol. The van der Waals surface area contributed by atoms with Crippen LogP contribution in [-0.2, 0) is 6.42 Å². The summed E-state index contributed by atoms with van der Waals surface area (Å²) in [6.45, 7) is 2.05. The molecule has 0 aromatic carbocycles. The molecule has 1 atom stereocenters. The zero-order valence-electron chi connectivity index (χ0n) is 11.5. The van der Waals surface area contributed by atoms with Gasteiger partial charge in [0.05, 0.1) is 6.20 Å². The lowest BCUT2D eigenvalue weighted by Crippen LogP contribution is -2.21. The van der Waals surface area contributed by atoms with Crippen LogP contribution in [0.4, 0.5) is 11.6 Å². The van der Waals surface area contributed by atoms with Crippen molar-refractivity contribution >= 4 is 11.6 Å². The zero-order valence-corrected chi connectivity index (χ0v) is 11.5. The van der Waals surface area contributed by atoms with E-state index in [0.29, 0.717) is 5.92 Å². The maximum atomic E-state index is 4.36. The topological polar surface area (TPSA) is 66.8 Å². The van der Waals surface area contributed by atoms with E-state index in [2.05, 4.69) is 30.2 Å². The Morgan fingerprint density at radius 3 is 3.05 bits per heavy atom. The number of hydrogen-bond acceptors (Lipinski definition) is 6. The van der Waals surface area contributed by atoms with Crippen LogP contribution in [0.2, 0.25) is 0 Å². The van der Waals surface area contributed by atoms with Crippen molar-refractivity contribution in [3.63, 3.8) is 0 Å². The Kier molecular flexibility index (Phi) is 3.71. The van der Waals surface area contributed by atoms with Crippen LogP contribution in [0.3, 0.4) is 0 Å². The van der Waals surface area contributed by atoms with Crippen molar-refractivity contribution in [2.24, 2.45) is 5.92 Å². The molecule has 20 heavy (non-hydrogen) atoms. The van der Waals surface area contributed by atoms with Gasteiger partial charge >= 0.3 is 0 Å². The fourth-order valence-electron chi connectivity index (χ4n) is 2.60. The average Bonchev–Trinajstić information content (AvgIpc) is 2.97. The number of nitrogens with one attached hydrogen (secondary N) is 1. The first kappa shape index (κ1) is 12.8. The molecule has 0 unspecified atom stereocenters. The maximum Gasteiger partial charge on any atom is 0.147 e. The Morgan fingerprint density at radius 2 is 2.25 bits per heavy atom. The molecule has 0 radical (unpaired) electrons. The Balaban J connectivity index is 1.63. The molecule has 1 fully saturated rings. The summed E-state index contributed by atoms with van der Waals surface area (Å²) in [4.78, 5) is 19.3. The molecule has 1 aliphatic heterocycles. The lowest BCUT2D eigenvalue weighted by molar-refractivity contribution is 0.576. The molecule has 0 aliphatic carbocycles. The van der Waals surface area contributed by atoms with Crippen LogP contribution in [-0.4, -0.2) is 40.1 Å². The Morgan fingerprint density at radius 1 is 1.30 bits per heavy atom. The molecule has 2 aromatic heterocycles. The fraction of sp³-hybridized carbons (Fsp3) is 0.429. The minimum Gasteiger partial charge on any atom is -0.373 e. The van der Waals surface area contributed by atoms with E-state index in [0.717, 1.165) is 43.3 Å². The van der Waals surface area contributed by atoms with Gasteiger partial charge in [0.2, 0.25) is 0 Å². The quantitative estimate of drug-likeness (QED) is 0.905. The molecule has 0 spiro atoms. The Bertz CT molecular complexity index is 559. The number of nitrogens with zero attached hydrogens (tertiary/aromatic N) is 5. The summed E-state index contributed by atoms with van der Waals surface area (Å²) in [5.41, 5.74) is 1.09. The van der Waals surface area contributed by atoms with E-state index in [4.69, 9.17) is 0 Å².